The molecular weight excluding hydrogens is 280 g/mol. The van der Waals surface area contributed by atoms with E-state index in [0.29, 0.717) is 11.8 Å². The minimum atomic E-state index is 0.446. The molecule has 0 fully saturated rings. The van der Waals surface area contributed by atoms with Gasteiger partial charge in [-0.25, -0.2) is 0 Å². The first-order chi connectivity index (χ1) is 11.2. The molecule has 1 nitrogen and oxygen atoms in total. The fraction of sp³-hybridized carbons (Fsp3) is 0.455. The quantitative estimate of drug-likeness (QED) is 0.438. The number of hydrogen-bond donors (Lipinski definition) is 0. The minimum absolute atomic E-state index is 0.446. The molecule has 1 aliphatic heterocycles. The highest BCUT2D eigenvalue weighted by molar-refractivity contribution is 5.56. The molecule has 0 N–H and O–H groups in total. The van der Waals surface area contributed by atoms with E-state index in [0.717, 1.165) is 30.8 Å². The topological polar surface area (TPSA) is 9.23 Å². The third-order valence-electron chi connectivity index (χ3n) is 5.08. The molecule has 0 radical (unpaired) electrons. The number of benzene rings is 1. The standard InChI is InChI=1S/C22H28O/c1-4-5-6-7-8-9-18-11-13-20-21-14-16(2)10-12-19(21)17(3)23-22(20)15-18/h8-9,11,13-15,19,21H,3-7,10,12H2,1-2H3/b9-8+. The average Bonchev–Trinajstić information content (AvgIpc) is 2.54. The van der Waals surface area contributed by atoms with Gasteiger partial charge < -0.3 is 4.74 Å². The lowest BCUT2D eigenvalue weighted by Crippen LogP contribution is -2.25. The summed E-state index contributed by atoms with van der Waals surface area (Å²) in [4.78, 5) is 0. The first-order valence-corrected chi connectivity index (χ1v) is 9.03. The van der Waals surface area contributed by atoms with Gasteiger partial charge in [0.1, 0.15) is 11.5 Å². The van der Waals surface area contributed by atoms with Gasteiger partial charge in [-0.15, -0.1) is 0 Å². The predicted octanol–water partition coefficient (Wildman–Crippen LogP) is 6.63. The van der Waals surface area contributed by atoms with Crippen LogP contribution >= 0.6 is 0 Å². The average molecular weight is 308 g/mol. The maximum absolute atomic E-state index is 6.06. The lowest BCUT2D eigenvalue weighted by molar-refractivity contribution is 0.281. The van der Waals surface area contributed by atoms with Gasteiger partial charge >= 0.3 is 0 Å². The number of hydrogen-bond acceptors (Lipinski definition) is 1. The van der Waals surface area contributed by atoms with Gasteiger partial charge in [0, 0.05) is 17.4 Å². The smallest absolute Gasteiger partial charge is 0.131 e. The second-order valence-electron chi connectivity index (χ2n) is 6.95. The highest BCUT2D eigenvalue weighted by atomic mass is 16.5. The summed E-state index contributed by atoms with van der Waals surface area (Å²) >= 11 is 0. The first kappa shape index (κ1) is 16.1. The van der Waals surface area contributed by atoms with E-state index in [-0.39, 0.29) is 0 Å². The number of ether oxygens (including phenoxy) is 1. The first-order valence-electron chi connectivity index (χ1n) is 9.03. The SMILES string of the molecule is C=C1Oc2cc(/C=C/CCCCC)ccc2C2C=C(C)CCC12. The number of rotatable bonds is 5. The van der Waals surface area contributed by atoms with Crippen molar-refractivity contribution in [1.29, 1.82) is 0 Å². The van der Waals surface area contributed by atoms with Crippen molar-refractivity contribution in [3.05, 3.63) is 59.4 Å². The molecule has 0 spiro atoms. The van der Waals surface area contributed by atoms with E-state index >= 15 is 0 Å². The van der Waals surface area contributed by atoms with E-state index in [4.69, 9.17) is 4.74 Å². The van der Waals surface area contributed by atoms with Crippen molar-refractivity contribution in [2.75, 3.05) is 0 Å². The monoisotopic (exact) mass is 308 g/mol. The Labute approximate surface area is 140 Å². The summed E-state index contributed by atoms with van der Waals surface area (Å²) in [5, 5.41) is 0. The van der Waals surface area contributed by atoms with Crippen LogP contribution in [0.4, 0.5) is 0 Å². The molecule has 0 amide bonds. The summed E-state index contributed by atoms with van der Waals surface area (Å²) in [7, 11) is 0. The van der Waals surface area contributed by atoms with Crippen LogP contribution in [0.5, 0.6) is 5.75 Å². The molecule has 0 saturated heterocycles. The number of unbranched alkanes of at least 4 members (excludes halogenated alkanes) is 3. The van der Waals surface area contributed by atoms with Crippen molar-refractivity contribution in [1.82, 2.24) is 0 Å². The van der Waals surface area contributed by atoms with Crippen molar-refractivity contribution < 1.29 is 4.74 Å². The van der Waals surface area contributed by atoms with Crippen LogP contribution in [0.1, 0.15) is 69.4 Å². The van der Waals surface area contributed by atoms with Gasteiger partial charge in [0.15, 0.2) is 0 Å². The lowest BCUT2D eigenvalue weighted by atomic mass is 9.74. The molecule has 3 rings (SSSR count). The Hall–Kier alpha value is -1.76. The Morgan fingerprint density at radius 2 is 2.17 bits per heavy atom. The summed E-state index contributed by atoms with van der Waals surface area (Å²) < 4.78 is 6.06. The van der Waals surface area contributed by atoms with Crippen LogP contribution in [0.2, 0.25) is 0 Å². The van der Waals surface area contributed by atoms with Gasteiger partial charge in [0.05, 0.1) is 0 Å². The van der Waals surface area contributed by atoms with E-state index in [9.17, 15) is 0 Å². The normalized spacial score (nSPS) is 23.2. The molecule has 122 valence electrons. The van der Waals surface area contributed by atoms with Crippen molar-refractivity contribution in [2.45, 2.75) is 58.3 Å². The molecule has 1 aromatic carbocycles. The summed E-state index contributed by atoms with van der Waals surface area (Å²) in [6, 6.07) is 6.65. The second kappa shape index (κ2) is 7.21. The van der Waals surface area contributed by atoms with Crippen LogP contribution in [0.3, 0.4) is 0 Å². The van der Waals surface area contributed by atoms with Crippen LogP contribution in [-0.4, -0.2) is 0 Å². The Kier molecular flexibility index (Phi) is 5.05. The molecule has 2 atom stereocenters. The van der Waals surface area contributed by atoms with Crippen LogP contribution in [0.25, 0.3) is 6.08 Å². The summed E-state index contributed by atoms with van der Waals surface area (Å²) in [6.45, 7) is 8.66. The van der Waals surface area contributed by atoms with Gasteiger partial charge in [-0.3, -0.25) is 0 Å². The zero-order valence-electron chi connectivity index (χ0n) is 14.5. The Balaban J connectivity index is 1.79. The molecular formula is C22H28O. The highest BCUT2D eigenvalue weighted by Gasteiger charge is 2.34. The zero-order chi connectivity index (χ0) is 16.2. The maximum atomic E-state index is 6.06. The van der Waals surface area contributed by atoms with Gasteiger partial charge in [0.25, 0.3) is 0 Å². The zero-order valence-corrected chi connectivity index (χ0v) is 14.5. The van der Waals surface area contributed by atoms with E-state index in [1.165, 1.54) is 36.0 Å². The minimum Gasteiger partial charge on any atom is -0.462 e. The molecule has 0 bridgehead atoms. The van der Waals surface area contributed by atoms with Crippen LogP contribution in [-0.2, 0) is 0 Å². The lowest BCUT2D eigenvalue weighted by Gasteiger charge is -2.36. The van der Waals surface area contributed by atoms with Crippen molar-refractivity contribution in [3.63, 3.8) is 0 Å². The summed E-state index contributed by atoms with van der Waals surface area (Å²) in [6.07, 6.45) is 14.3. The van der Waals surface area contributed by atoms with Crippen molar-refractivity contribution in [3.8, 4) is 5.75 Å². The summed E-state index contributed by atoms with van der Waals surface area (Å²) in [5.41, 5.74) is 4.04. The fourth-order valence-electron chi connectivity index (χ4n) is 3.70. The number of allylic oxidation sites excluding steroid dienone is 4. The van der Waals surface area contributed by atoms with Gasteiger partial charge in [-0.05, 0) is 44.2 Å². The molecule has 1 heteroatoms. The van der Waals surface area contributed by atoms with E-state index in [1.54, 1.807) is 0 Å². The summed E-state index contributed by atoms with van der Waals surface area (Å²) in [5.74, 6) is 2.83. The Bertz CT molecular complexity index is 635. The molecule has 1 aliphatic carbocycles. The highest BCUT2D eigenvalue weighted by Crippen LogP contribution is 2.47. The van der Waals surface area contributed by atoms with Gasteiger partial charge in [-0.2, -0.15) is 0 Å². The third-order valence-corrected chi connectivity index (χ3v) is 5.08. The molecule has 2 unspecified atom stereocenters. The van der Waals surface area contributed by atoms with E-state index in [2.05, 4.69) is 56.9 Å². The number of fused-ring (bicyclic) bond motifs is 3. The third kappa shape index (κ3) is 3.60. The van der Waals surface area contributed by atoms with Crippen LogP contribution < -0.4 is 4.74 Å². The van der Waals surface area contributed by atoms with E-state index in [1.807, 2.05) is 0 Å². The molecule has 0 saturated carbocycles. The molecule has 1 aromatic rings. The van der Waals surface area contributed by atoms with Crippen LogP contribution in [0.15, 0.2) is 48.3 Å². The maximum Gasteiger partial charge on any atom is 0.131 e. The Morgan fingerprint density at radius 1 is 1.30 bits per heavy atom. The second-order valence-corrected chi connectivity index (χ2v) is 6.95. The largest absolute Gasteiger partial charge is 0.462 e. The van der Waals surface area contributed by atoms with Gasteiger partial charge in [-0.1, -0.05) is 62.3 Å². The van der Waals surface area contributed by atoms with Crippen molar-refractivity contribution >= 4 is 6.08 Å². The molecule has 23 heavy (non-hydrogen) atoms. The van der Waals surface area contributed by atoms with Crippen LogP contribution in [0, 0.1) is 5.92 Å². The Morgan fingerprint density at radius 3 is 3.00 bits per heavy atom. The fourth-order valence-corrected chi connectivity index (χ4v) is 3.70. The molecule has 0 aromatic heterocycles. The van der Waals surface area contributed by atoms with Crippen molar-refractivity contribution in [2.24, 2.45) is 5.92 Å². The predicted molar refractivity (Wildman–Crippen MR) is 98.6 cm³/mol. The van der Waals surface area contributed by atoms with E-state index < -0.39 is 0 Å². The molecule has 2 aliphatic rings. The molecule has 1 heterocycles. The van der Waals surface area contributed by atoms with Gasteiger partial charge in [0.2, 0.25) is 0 Å².